The van der Waals surface area contributed by atoms with Crippen LogP contribution < -0.4 is 15.5 Å². The molecule has 2 atom stereocenters. The second-order valence-electron chi connectivity index (χ2n) is 8.41. The second-order valence-corrected chi connectivity index (χ2v) is 11.8. The van der Waals surface area contributed by atoms with Crippen molar-refractivity contribution in [2.24, 2.45) is 4.99 Å². The smallest absolute Gasteiger partial charge is 0.251 e. The number of carbonyl (C=O) groups is 1. The number of carbonyl (C=O) groups excluding carboxylic acids is 1. The average molecular weight is 487 g/mol. The zero-order chi connectivity index (χ0) is 23.4. The average Bonchev–Trinajstić information content (AvgIpc) is 3.28. The van der Waals surface area contributed by atoms with E-state index >= 15 is 0 Å². The van der Waals surface area contributed by atoms with E-state index in [2.05, 4.69) is 39.6 Å². The number of amides is 1. The number of rotatable bonds is 8. The van der Waals surface area contributed by atoms with E-state index < -0.39 is 9.84 Å². The van der Waals surface area contributed by atoms with Gasteiger partial charge in [0.05, 0.1) is 17.5 Å². The van der Waals surface area contributed by atoms with Gasteiger partial charge in [-0.2, -0.15) is 0 Å². The number of hydrogen-bond acceptors (Lipinski definition) is 7. The molecule has 7 nitrogen and oxygen atoms in total. The molecule has 0 radical (unpaired) electrons. The topological polar surface area (TPSA) is 90.9 Å². The van der Waals surface area contributed by atoms with Gasteiger partial charge in [0.15, 0.2) is 15.0 Å². The standard InChI is InChI=1S/C24H30N4O3S2/c1-3-28(19-8-5-4-6-9-19)13-7-12-25-23(29)18-11-10-17(2)20(14-18)26-24-27-21-15-33(30,31)16-22(21)32-24/h4-6,8-11,14,21-22H,3,7,12-13,15-16H2,1-2H3,(H,25,29)(H,26,27)/t21-,22-/m0/s1. The fourth-order valence-corrected chi connectivity index (χ4v) is 7.78. The van der Waals surface area contributed by atoms with Gasteiger partial charge in [-0.1, -0.05) is 36.0 Å². The van der Waals surface area contributed by atoms with Gasteiger partial charge in [-0.05, 0) is 50.1 Å². The first-order valence-corrected chi connectivity index (χ1v) is 14.0. The molecule has 4 rings (SSSR count). The van der Waals surface area contributed by atoms with Crippen LogP contribution >= 0.6 is 11.8 Å². The van der Waals surface area contributed by atoms with Gasteiger partial charge >= 0.3 is 0 Å². The Morgan fingerprint density at radius 1 is 1.18 bits per heavy atom. The van der Waals surface area contributed by atoms with Crippen molar-refractivity contribution >= 4 is 44.0 Å². The number of nitrogens with zero attached hydrogens (tertiary/aromatic N) is 2. The highest BCUT2D eigenvalue weighted by molar-refractivity contribution is 8.15. The quantitative estimate of drug-likeness (QED) is 0.557. The fraction of sp³-hybridized carbons (Fsp3) is 0.417. The van der Waals surface area contributed by atoms with E-state index in [1.807, 2.05) is 43.3 Å². The minimum Gasteiger partial charge on any atom is -0.372 e. The number of aliphatic imine (C=N–C) groups is 1. The lowest BCUT2D eigenvalue weighted by Gasteiger charge is -2.23. The molecule has 1 fully saturated rings. The van der Waals surface area contributed by atoms with Crippen LogP contribution in [0.3, 0.4) is 0 Å². The highest BCUT2D eigenvalue weighted by atomic mass is 32.2. The Morgan fingerprint density at radius 3 is 2.70 bits per heavy atom. The van der Waals surface area contributed by atoms with Crippen molar-refractivity contribution in [3.63, 3.8) is 0 Å². The van der Waals surface area contributed by atoms with E-state index in [1.54, 1.807) is 0 Å². The van der Waals surface area contributed by atoms with Crippen molar-refractivity contribution in [1.29, 1.82) is 0 Å². The Bertz CT molecular complexity index is 1140. The molecule has 33 heavy (non-hydrogen) atoms. The van der Waals surface area contributed by atoms with Gasteiger partial charge in [0.2, 0.25) is 0 Å². The summed E-state index contributed by atoms with van der Waals surface area (Å²) >= 11 is 1.48. The van der Waals surface area contributed by atoms with E-state index in [0.717, 1.165) is 35.9 Å². The van der Waals surface area contributed by atoms with Crippen molar-refractivity contribution in [1.82, 2.24) is 5.32 Å². The Hall–Kier alpha value is -2.52. The molecule has 1 amide bonds. The maximum Gasteiger partial charge on any atom is 0.251 e. The lowest BCUT2D eigenvalue weighted by Crippen LogP contribution is -2.30. The van der Waals surface area contributed by atoms with E-state index in [0.29, 0.717) is 12.1 Å². The third-order valence-corrected chi connectivity index (χ3v) is 9.09. The molecule has 1 saturated heterocycles. The second kappa shape index (κ2) is 10.2. The maximum atomic E-state index is 12.7. The van der Waals surface area contributed by atoms with Crippen LogP contribution in [0.1, 0.15) is 29.3 Å². The summed E-state index contributed by atoms with van der Waals surface area (Å²) in [5.74, 6) is 0.194. The Balaban J connectivity index is 1.30. The van der Waals surface area contributed by atoms with Crippen molar-refractivity contribution in [3.8, 4) is 0 Å². The lowest BCUT2D eigenvalue weighted by molar-refractivity contribution is 0.0953. The molecule has 2 heterocycles. The highest BCUT2D eigenvalue weighted by Crippen LogP contribution is 2.35. The number of sulfone groups is 1. The Morgan fingerprint density at radius 2 is 1.97 bits per heavy atom. The van der Waals surface area contributed by atoms with Gasteiger partial charge < -0.3 is 15.5 Å². The highest BCUT2D eigenvalue weighted by Gasteiger charge is 2.42. The molecule has 2 N–H and O–H groups in total. The van der Waals surface area contributed by atoms with E-state index in [-0.39, 0.29) is 28.7 Å². The van der Waals surface area contributed by atoms with Crippen LogP contribution in [0, 0.1) is 6.92 Å². The minimum atomic E-state index is -2.97. The molecule has 0 bridgehead atoms. The van der Waals surface area contributed by atoms with Gasteiger partial charge in [0.25, 0.3) is 5.91 Å². The SMILES string of the molecule is CCN(CCCNC(=O)c1ccc(C)c(NC2=N[C@H]3CS(=O)(=O)C[C@@H]3S2)c1)c1ccccc1. The van der Waals surface area contributed by atoms with Crippen LogP contribution in [0.15, 0.2) is 53.5 Å². The van der Waals surface area contributed by atoms with Gasteiger partial charge in [-0.15, -0.1) is 0 Å². The van der Waals surface area contributed by atoms with E-state index in [1.165, 1.54) is 17.4 Å². The molecule has 2 aromatic rings. The maximum absolute atomic E-state index is 12.7. The van der Waals surface area contributed by atoms with Crippen molar-refractivity contribution < 1.29 is 13.2 Å². The molecule has 0 aromatic heterocycles. The molecule has 2 aliphatic heterocycles. The molecule has 2 aliphatic rings. The van der Waals surface area contributed by atoms with Crippen LogP contribution in [-0.4, -0.2) is 61.9 Å². The van der Waals surface area contributed by atoms with Crippen molar-refractivity contribution in [2.45, 2.75) is 31.6 Å². The first-order chi connectivity index (χ1) is 15.8. The van der Waals surface area contributed by atoms with Crippen LogP contribution in [0.5, 0.6) is 0 Å². The van der Waals surface area contributed by atoms with E-state index in [9.17, 15) is 13.2 Å². The number of para-hydroxylation sites is 1. The number of nitrogens with one attached hydrogen (secondary N) is 2. The first kappa shape index (κ1) is 23.6. The summed E-state index contributed by atoms with van der Waals surface area (Å²) in [4.78, 5) is 19.5. The Labute approximate surface area is 200 Å². The monoisotopic (exact) mass is 486 g/mol. The molecular weight excluding hydrogens is 456 g/mol. The van der Waals surface area contributed by atoms with Gasteiger partial charge in [-0.25, -0.2) is 8.42 Å². The van der Waals surface area contributed by atoms with Crippen LogP contribution in [0.2, 0.25) is 0 Å². The summed E-state index contributed by atoms with van der Waals surface area (Å²) in [6.45, 7) is 6.49. The van der Waals surface area contributed by atoms with Gasteiger partial charge in [0.1, 0.15) is 0 Å². The van der Waals surface area contributed by atoms with Crippen LogP contribution in [0.25, 0.3) is 0 Å². The number of amidine groups is 1. The summed E-state index contributed by atoms with van der Waals surface area (Å²) in [6, 6.07) is 15.7. The van der Waals surface area contributed by atoms with Crippen LogP contribution in [0.4, 0.5) is 11.4 Å². The number of thioether (sulfide) groups is 1. The number of anilines is 2. The number of fused-ring (bicyclic) bond motifs is 1. The summed E-state index contributed by atoms with van der Waals surface area (Å²) in [5, 5.41) is 7.03. The van der Waals surface area contributed by atoms with E-state index in [4.69, 9.17) is 0 Å². The lowest BCUT2D eigenvalue weighted by atomic mass is 10.1. The number of hydrogen-bond donors (Lipinski definition) is 2. The molecule has 176 valence electrons. The fourth-order valence-electron chi connectivity index (χ4n) is 4.11. The minimum absolute atomic E-state index is 0.0112. The third-order valence-electron chi connectivity index (χ3n) is 5.95. The van der Waals surface area contributed by atoms with Crippen molar-refractivity contribution in [2.75, 3.05) is 41.4 Å². The molecular formula is C24H30N4O3S2. The molecule has 9 heteroatoms. The van der Waals surface area contributed by atoms with Gasteiger partial charge in [0, 0.05) is 41.8 Å². The Kier molecular flexibility index (Phi) is 7.29. The third kappa shape index (κ3) is 5.89. The van der Waals surface area contributed by atoms with Gasteiger partial charge in [-0.3, -0.25) is 9.79 Å². The number of benzene rings is 2. The van der Waals surface area contributed by atoms with Crippen LogP contribution in [-0.2, 0) is 9.84 Å². The summed E-state index contributed by atoms with van der Waals surface area (Å²) in [6.07, 6.45) is 0.852. The largest absolute Gasteiger partial charge is 0.372 e. The summed E-state index contributed by atoms with van der Waals surface area (Å²) < 4.78 is 23.5. The molecule has 0 saturated carbocycles. The molecule has 2 aromatic carbocycles. The number of aryl methyl sites for hydroxylation is 1. The predicted molar refractivity (Wildman–Crippen MR) is 137 cm³/mol. The molecule has 0 unspecified atom stereocenters. The first-order valence-electron chi connectivity index (χ1n) is 11.3. The summed E-state index contributed by atoms with van der Waals surface area (Å²) in [7, 11) is -2.97. The normalized spacial score (nSPS) is 20.7. The zero-order valence-electron chi connectivity index (χ0n) is 19.0. The summed E-state index contributed by atoms with van der Waals surface area (Å²) in [5.41, 5.74) is 3.60. The predicted octanol–water partition coefficient (Wildman–Crippen LogP) is 3.32. The van der Waals surface area contributed by atoms with Crippen molar-refractivity contribution in [3.05, 3.63) is 59.7 Å². The zero-order valence-corrected chi connectivity index (χ0v) is 20.6. The molecule has 0 spiro atoms. The molecule has 0 aliphatic carbocycles.